The van der Waals surface area contributed by atoms with Crippen molar-refractivity contribution in [2.75, 3.05) is 17.2 Å². The zero-order valence-electron chi connectivity index (χ0n) is 15.6. The van der Waals surface area contributed by atoms with Crippen molar-refractivity contribution < 1.29 is 9.59 Å². The molecule has 0 aliphatic carbocycles. The molecule has 0 spiro atoms. The number of amides is 3. The van der Waals surface area contributed by atoms with Gasteiger partial charge in [-0.2, -0.15) is 0 Å². The van der Waals surface area contributed by atoms with Crippen molar-refractivity contribution in [2.24, 2.45) is 0 Å². The molecule has 7 nitrogen and oxygen atoms in total. The van der Waals surface area contributed by atoms with Crippen molar-refractivity contribution in [3.05, 3.63) is 59.2 Å². The third kappa shape index (κ3) is 3.25. The zero-order valence-corrected chi connectivity index (χ0v) is 16.4. The van der Waals surface area contributed by atoms with Crippen LogP contribution in [0.5, 0.6) is 0 Å². The van der Waals surface area contributed by atoms with Gasteiger partial charge in [0.25, 0.3) is 5.91 Å². The summed E-state index contributed by atoms with van der Waals surface area (Å²) in [5.41, 5.74) is 3.27. The molecule has 0 radical (unpaired) electrons. The standard InChI is InChI=1S/C21H19N5O2S/c27-20-14-4-3-5-15(18(14)16-6-1-2-11-26(16)20)23-21(28)25-17-12-29-19(24-17)13-7-9-22-10-8-13/h3-5,7-10,12,16H,1-2,6,11H2,(H2,23,25,28). The van der Waals surface area contributed by atoms with Gasteiger partial charge in [-0.05, 0) is 43.5 Å². The number of hydrogen-bond acceptors (Lipinski definition) is 5. The van der Waals surface area contributed by atoms with E-state index in [1.807, 2.05) is 35.2 Å². The molecule has 2 aliphatic rings. The summed E-state index contributed by atoms with van der Waals surface area (Å²) in [5, 5.41) is 8.32. The van der Waals surface area contributed by atoms with Gasteiger partial charge in [-0.25, -0.2) is 9.78 Å². The summed E-state index contributed by atoms with van der Waals surface area (Å²) in [5.74, 6) is 0.553. The normalized spacial score (nSPS) is 17.6. The van der Waals surface area contributed by atoms with Gasteiger partial charge in [0.1, 0.15) is 10.8 Å². The first-order chi connectivity index (χ1) is 14.2. The number of pyridine rings is 1. The van der Waals surface area contributed by atoms with Gasteiger partial charge in [0, 0.05) is 46.7 Å². The van der Waals surface area contributed by atoms with E-state index in [4.69, 9.17) is 0 Å². The maximum absolute atomic E-state index is 12.7. The lowest BCUT2D eigenvalue weighted by Crippen LogP contribution is -2.32. The van der Waals surface area contributed by atoms with Crippen LogP contribution in [0.3, 0.4) is 0 Å². The summed E-state index contributed by atoms with van der Waals surface area (Å²) in [6.07, 6.45) is 6.47. The number of hydrogen-bond donors (Lipinski definition) is 2. The predicted molar refractivity (Wildman–Crippen MR) is 112 cm³/mol. The summed E-state index contributed by atoms with van der Waals surface area (Å²) in [7, 11) is 0. The fraction of sp³-hybridized carbons (Fsp3) is 0.238. The molecule has 0 bridgehead atoms. The Morgan fingerprint density at radius 3 is 2.86 bits per heavy atom. The molecule has 0 saturated carbocycles. The van der Waals surface area contributed by atoms with E-state index >= 15 is 0 Å². The third-order valence-electron chi connectivity index (χ3n) is 5.35. The number of benzene rings is 1. The second kappa shape index (κ2) is 7.29. The lowest BCUT2D eigenvalue weighted by atomic mass is 9.96. The summed E-state index contributed by atoms with van der Waals surface area (Å²) >= 11 is 1.45. The average Bonchev–Trinajstić information content (AvgIpc) is 3.33. The monoisotopic (exact) mass is 405 g/mol. The van der Waals surface area contributed by atoms with E-state index in [-0.39, 0.29) is 18.0 Å². The summed E-state index contributed by atoms with van der Waals surface area (Å²) in [6, 6.07) is 8.96. The van der Waals surface area contributed by atoms with Crippen molar-refractivity contribution in [3.8, 4) is 10.6 Å². The van der Waals surface area contributed by atoms with Gasteiger partial charge < -0.3 is 10.2 Å². The first-order valence-electron chi connectivity index (χ1n) is 9.58. The number of aromatic nitrogens is 2. The Bertz CT molecular complexity index is 1080. The molecular weight excluding hydrogens is 386 g/mol. The molecule has 1 saturated heterocycles. The minimum Gasteiger partial charge on any atom is -0.331 e. The van der Waals surface area contributed by atoms with Gasteiger partial charge in [-0.1, -0.05) is 6.07 Å². The van der Waals surface area contributed by atoms with Gasteiger partial charge in [-0.3, -0.25) is 15.1 Å². The van der Waals surface area contributed by atoms with E-state index in [0.717, 1.165) is 41.9 Å². The molecule has 3 amide bonds. The second-order valence-corrected chi connectivity index (χ2v) is 7.99. The number of fused-ring (bicyclic) bond motifs is 3. The summed E-state index contributed by atoms with van der Waals surface area (Å²) in [6.45, 7) is 0.778. The Balaban J connectivity index is 1.34. The van der Waals surface area contributed by atoms with E-state index in [0.29, 0.717) is 17.1 Å². The topological polar surface area (TPSA) is 87.2 Å². The molecule has 1 atom stereocenters. The predicted octanol–water partition coefficient (Wildman–Crippen LogP) is 4.53. The van der Waals surface area contributed by atoms with Crippen molar-refractivity contribution in [3.63, 3.8) is 0 Å². The first-order valence-corrected chi connectivity index (χ1v) is 10.5. The molecule has 8 heteroatoms. The van der Waals surface area contributed by atoms with E-state index in [1.165, 1.54) is 11.3 Å². The number of anilines is 2. The van der Waals surface area contributed by atoms with Gasteiger partial charge in [0.2, 0.25) is 0 Å². The molecule has 4 heterocycles. The van der Waals surface area contributed by atoms with Crippen LogP contribution in [0.2, 0.25) is 0 Å². The Morgan fingerprint density at radius 1 is 1.14 bits per heavy atom. The van der Waals surface area contributed by atoms with Crippen LogP contribution in [0.15, 0.2) is 48.1 Å². The van der Waals surface area contributed by atoms with E-state index in [2.05, 4.69) is 20.6 Å². The van der Waals surface area contributed by atoms with Crippen molar-refractivity contribution in [2.45, 2.75) is 25.3 Å². The molecule has 146 valence electrons. The molecule has 29 heavy (non-hydrogen) atoms. The number of piperidine rings is 1. The second-order valence-electron chi connectivity index (χ2n) is 7.13. The van der Waals surface area contributed by atoms with Crippen LogP contribution >= 0.6 is 11.3 Å². The molecule has 1 aromatic carbocycles. The van der Waals surface area contributed by atoms with Crippen LogP contribution in [-0.2, 0) is 0 Å². The number of nitrogens with zero attached hydrogens (tertiary/aromatic N) is 3. The third-order valence-corrected chi connectivity index (χ3v) is 6.25. The fourth-order valence-electron chi connectivity index (χ4n) is 4.08. The minimum absolute atomic E-state index is 0.0558. The fourth-order valence-corrected chi connectivity index (χ4v) is 4.84. The molecule has 3 aromatic rings. The maximum Gasteiger partial charge on any atom is 0.324 e. The average molecular weight is 405 g/mol. The Hall–Kier alpha value is -3.26. The Kier molecular flexibility index (Phi) is 4.48. The van der Waals surface area contributed by atoms with Crippen LogP contribution in [0, 0.1) is 0 Å². The first kappa shape index (κ1) is 17.8. The molecule has 1 fully saturated rings. The number of carbonyl (C=O) groups excluding carboxylic acids is 2. The highest BCUT2D eigenvalue weighted by Crippen LogP contribution is 2.43. The smallest absolute Gasteiger partial charge is 0.324 e. The van der Waals surface area contributed by atoms with E-state index in [9.17, 15) is 9.59 Å². The highest BCUT2D eigenvalue weighted by atomic mass is 32.1. The zero-order chi connectivity index (χ0) is 19.8. The van der Waals surface area contributed by atoms with E-state index in [1.54, 1.807) is 17.8 Å². The van der Waals surface area contributed by atoms with Gasteiger partial charge in [-0.15, -0.1) is 11.3 Å². The van der Waals surface area contributed by atoms with Crippen LogP contribution in [0.4, 0.5) is 16.3 Å². The molecule has 2 aliphatic heterocycles. The number of rotatable bonds is 3. The molecule has 2 aromatic heterocycles. The van der Waals surface area contributed by atoms with Crippen molar-refractivity contribution >= 4 is 34.8 Å². The van der Waals surface area contributed by atoms with Gasteiger partial charge in [0.05, 0.1) is 6.04 Å². The SMILES string of the molecule is O=C(Nc1csc(-c2ccncc2)n1)Nc1cccc2c1C1CCCCN1C2=O. The largest absolute Gasteiger partial charge is 0.331 e. The van der Waals surface area contributed by atoms with Crippen LogP contribution in [-0.4, -0.2) is 33.4 Å². The quantitative estimate of drug-likeness (QED) is 0.670. The molecular formula is C21H19N5O2S. The lowest BCUT2D eigenvalue weighted by Gasteiger charge is -2.30. The molecule has 1 unspecified atom stereocenters. The van der Waals surface area contributed by atoms with Crippen LogP contribution in [0.1, 0.15) is 41.2 Å². The Morgan fingerprint density at radius 2 is 2.00 bits per heavy atom. The summed E-state index contributed by atoms with van der Waals surface area (Å²) < 4.78 is 0. The van der Waals surface area contributed by atoms with E-state index < -0.39 is 0 Å². The van der Waals surface area contributed by atoms with Gasteiger partial charge in [0.15, 0.2) is 0 Å². The number of carbonyl (C=O) groups is 2. The highest BCUT2D eigenvalue weighted by molar-refractivity contribution is 7.13. The number of nitrogens with one attached hydrogen (secondary N) is 2. The molecule has 5 rings (SSSR count). The Labute approximate surface area is 171 Å². The van der Waals surface area contributed by atoms with Crippen molar-refractivity contribution in [1.29, 1.82) is 0 Å². The van der Waals surface area contributed by atoms with Crippen molar-refractivity contribution in [1.82, 2.24) is 14.9 Å². The molecule has 2 N–H and O–H groups in total. The van der Waals surface area contributed by atoms with Crippen LogP contribution < -0.4 is 10.6 Å². The number of urea groups is 1. The maximum atomic E-state index is 12.7. The highest BCUT2D eigenvalue weighted by Gasteiger charge is 2.39. The minimum atomic E-state index is -0.369. The lowest BCUT2D eigenvalue weighted by molar-refractivity contribution is 0.0672. The van der Waals surface area contributed by atoms with Gasteiger partial charge >= 0.3 is 6.03 Å². The summed E-state index contributed by atoms with van der Waals surface area (Å²) in [4.78, 5) is 35.7. The van der Waals surface area contributed by atoms with Crippen LogP contribution in [0.25, 0.3) is 10.6 Å². The number of thiazole rings is 1.